The summed E-state index contributed by atoms with van der Waals surface area (Å²) in [6.45, 7) is 0. The molecule has 0 aliphatic carbocycles. The maximum atomic E-state index is 12.9. The number of sulfonamides is 1. The Morgan fingerprint density at radius 2 is 1.68 bits per heavy atom. The molecule has 0 spiro atoms. The van der Waals surface area contributed by atoms with E-state index in [1.54, 1.807) is 57.5 Å². The van der Waals surface area contributed by atoms with E-state index in [4.69, 9.17) is 9.47 Å². The number of hydrogen-bond donors (Lipinski definition) is 1. The Kier molecular flexibility index (Phi) is 4.97. The van der Waals surface area contributed by atoms with E-state index >= 15 is 0 Å². The molecule has 4 rings (SSSR count). The van der Waals surface area contributed by atoms with Crippen molar-refractivity contribution in [1.82, 2.24) is 18.7 Å². The lowest BCUT2D eigenvalue weighted by atomic mass is 10.2. The minimum Gasteiger partial charge on any atom is -0.497 e. The number of nitrogens with one attached hydrogen (secondary N) is 1. The van der Waals surface area contributed by atoms with Crippen molar-refractivity contribution in [3.05, 3.63) is 59.4 Å². The van der Waals surface area contributed by atoms with Crippen LogP contribution in [0.3, 0.4) is 0 Å². The molecule has 4 aromatic rings. The van der Waals surface area contributed by atoms with Crippen LogP contribution in [-0.4, -0.2) is 34.2 Å². The van der Waals surface area contributed by atoms with Crippen molar-refractivity contribution >= 4 is 26.7 Å². The smallest absolute Gasteiger partial charge is 0.328 e. The number of anilines is 1. The van der Waals surface area contributed by atoms with Crippen molar-refractivity contribution in [2.45, 2.75) is 5.03 Å². The summed E-state index contributed by atoms with van der Waals surface area (Å²) in [7, 11) is 2.48. The summed E-state index contributed by atoms with van der Waals surface area (Å²) in [6.07, 6.45) is 2.79. The van der Waals surface area contributed by atoms with Gasteiger partial charge in [-0.2, -0.15) is 8.42 Å². The molecule has 2 heterocycles. The maximum Gasteiger partial charge on any atom is 0.328 e. The molecular formula is C20H21N5O5S. The molecule has 0 unspecified atom stereocenters. The highest BCUT2D eigenvalue weighted by Gasteiger charge is 2.22. The van der Waals surface area contributed by atoms with Gasteiger partial charge >= 0.3 is 5.69 Å². The minimum atomic E-state index is -3.99. The van der Waals surface area contributed by atoms with Crippen molar-refractivity contribution in [2.24, 2.45) is 21.1 Å². The van der Waals surface area contributed by atoms with Gasteiger partial charge in [-0.15, -0.1) is 0 Å². The van der Waals surface area contributed by atoms with Gasteiger partial charge in [-0.3, -0.25) is 13.9 Å². The highest BCUT2D eigenvalue weighted by Crippen LogP contribution is 2.35. The van der Waals surface area contributed by atoms with Crippen LogP contribution in [0.15, 0.2) is 58.7 Å². The van der Waals surface area contributed by atoms with E-state index in [1.807, 2.05) is 0 Å². The quantitative estimate of drug-likeness (QED) is 0.489. The van der Waals surface area contributed by atoms with Gasteiger partial charge in [0.05, 0.1) is 30.2 Å². The fourth-order valence-corrected chi connectivity index (χ4v) is 4.25. The fraction of sp³-hybridized carbons (Fsp3) is 0.200. The molecule has 0 aliphatic rings. The predicted molar refractivity (Wildman–Crippen MR) is 115 cm³/mol. The van der Waals surface area contributed by atoms with Crippen molar-refractivity contribution < 1.29 is 17.9 Å². The summed E-state index contributed by atoms with van der Waals surface area (Å²) in [6, 6.07) is 10.1. The lowest BCUT2D eigenvalue weighted by Crippen LogP contribution is -2.19. The maximum absolute atomic E-state index is 12.9. The van der Waals surface area contributed by atoms with E-state index in [2.05, 4.69) is 9.71 Å². The van der Waals surface area contributed by atoms with Crippen LogP contribution in [0.1, 0.15) is 0 Å². The molecule has 0 amide bonds. The van der Waals surface area contributed by atoms with Crippen molar-refractivity contribution in [1.29, 1.82) is 0 Å². The number of rotatable bonds is 6. The Bertz CT molecular complexity index is 1450. The van der Waals surface area contributed by atoms with Crippen LogP contribution in [-0.2, 0) is 31.2 Å². The molecule has 10 nitrogen and oxygen atoms in total. The molecule has 2 aromatic carbocycles. The minimum absolute atomic E-state index is 0.135. The number of aryl methyl sites for hydroxylation is 3. The van der Waals surface area contributed by atoms with E-state index in [-0.39, 0.29) is 22.2 Å². The normalized spacial score (nSPS) is 11.6. The molecule has 2 aromatic heterocycles. The zero-order valence-corrected chi connectivity index (χ0v) is 18.2. The molecule has 0 aliphatic heterocycles. The highest BCUT2D eigenvalue weighted by atomic mass is 32.2. The van der Waals surface area contributed by atoms with Gasteiger partial charge in [-0.05, 0) is 18.2 Å². The fourth-order valence-electron chi connectivity index (χ4n) is 3.21. The van der Waals surface area contributed by atoms with Crippen LogP contribution >= 0.6 is 0 Å². The van der Waals surface area contributed by atoms with Crippen LogP contribution in [0, 0.1) is 0 Å². The molecule has 31 heavy (non-hydrogen) atoms. The summed E-state index contributed by atoms with van der Waals surface area (Å²) < 4.78 is 43.9. The van der Waals surface area contributed by atoms with Gasteiger partial charge in [0.15, 0.2) is 10.8 Å². The molecule has 1 N–H and O–H groups in total. The van der Waals surface area contributed by atoms with E-state index < -0.39 is 10.0 Å². The third-order valence-electron chi connectivity index (χ3n) is 4.84. The van der Waals surface area contributed by atoms with E-state index in [9.17, 15) is 13.2 Å². The number of hydrogen-bond acceptors (Lipinski definition) is 6. The summed E-state index contributed by atoms with van der Waals surface area (Å²) in [5.74, 6) is 1.25. The van der Waals surface area contributed by atoms with Crippen LogP contribution in [0.5, 0.6) is 17.2 Å². The Morgan fingerprint density at radius 1 is 1.00 bits per heavy atom. The predicted octanol–water partition coefficient (Wildman–Crippen LogP) is 2.21. The van der Waals surface area contributed by atoms with Gasteiger partial charge in [-0.25, -0.2) is 9.78 Å². The first-order valence-corrected chi connectivity index (χ1v) is 10.7. The van der Waals surface area contributed by atoms with Crippen LogP contribution in [0.25, 0.3) is 11.0 Å². The second-order valence-electron chi connectivity index (χ2n) is 7.00. The lowest BCUT2D eigenvalue weighted by molar-refractivity contribution is 0.409. The van der Waals surface area contributed by atoms with Gasteiger partial charge < -0.3 is 14.0 Å². The Balaban J connectivity index is 1.86. The summed E-state index contributed by atoms with van der Waals surface area (Å²) in [4.78, 5) is 16.3. The average molecular weight is 443 g/mol. The number of ether oxygens (including phenoxy) is 2. The Hall–Kier alpha value is -3.73. The summed E-state index contributed by atoms with van der Waals surface area (Å²) in [5.41, 5.74) is 1.06. The average Bonchev–Trinajstić information content (AvgIpc) is 3.27. The highest BCUT2D eigenvalue weighted by molar-refractivity contribution is 7.92. The van der Waals surface area contributed by atoms with Crippen LogP contribution in [0.2, 0.25) is 0 Å². The molecule has 0 fully saturated rings. The summed E-state index contributed by atoms with van der Waals surface area (Å²) >= 11 is 0. The number of imidazole rings is 2. The van der Waals surface area contributed by atoms with E-state index in [0.717, 1.165) is 0 Å². The lowest BCUT2D eigenvalue weighted by Gasteiger charge is -2.14. The molecule has 11 heteroatoms. The van der Waals surface area contributed by atoms with Gasteiger partial charge in [0, 0.05) is 39.5 Å². The summed E-state index contributed by atoms with van der Waals surface area (Å²) in [5, 5.41) is -0.135. The topological polar surface area (TPSA) is 109 Å². The monoisotopic (exact) mass is 443 g/mol. The third kappa shape index (κ3) is 3.75. The molecular weight excluding hydrogens is 422 g/mol. The molecule has 0 atom stereocenters. The number of methoxy groups -OCH3 is 1. The number of aromatic nitrogens is 4. The SMILES string of the molecule is COc1cccc(Oc2cc3c(cc2NS(=O)(=O)c2cn(C)cn2)n(C)c(=O)n3C)c1. The number of fused-ring (bicyclic) bond motifs is 1. The largest absolute Gasteiger partial charge is 0.497 e. The van der Waals surface area contributed by atoms with Gasteiger partial charge in [0.25, 0.3) is 10.0 Å². The van der Waals surface area contributed by atoms with E-state index in [1.165, 1.54) is 33.3 Å². The van der Waals surface area contributed by atoms with E-state index in [0.29, 0.717) is 22.5 Å². The van der Waals surface area contributed by atoms with Gasteiger partial charge in [0.1, 0.15) is 11.5 Å². The van der Waals surface area contributed by atoms with Crippen molar-refractivity contribution in [3.63, 3.8) is 0 Å². The third-order valence-corrected chi connectivity index (χ3v) is 6.09. The Labute approximate surface area is 178 Å². The van der Waals surface area contributed by atoms with Crippen LogP contribution in [0.4, 0.5) is 5.69 Å². The van der Waals surface area contributed by atoms with Crippen LogP contribution < -0.4 is 19.9 Å². The second kappa shape index (κ2) is 7.51. The number of benzene rings is 2. The molecule has 162 valence electrons. The zero-order valence-electron chi connectivity index (χ0n) is 17.4. The van der Waals surface area contributed by atoms with Gasteiger partial charge in [0.2, 0.25) is 0 Å². The zero-order chi connectivity index (χ0) is 22.3. The second-order valence-corrected chi connectivity index (χ2v) is 8.63. The van der Waals surface area contributed by atoms with Gasteiger partial charge in [-0.1, -0.05) is 6.07 Å². The van der Waals surface area contributed by atoms with Crippen molar-refractivity contribution in [3.8, 4) is 17.2 Å². The number of nitrogens with zero attached hydrogens (tertiary/aromatic N) is 4. The molecule has 0 saturated heterocycles. The Morgan fingerprint density at radius 3 is 2.32 bits per heavy atom. The molecule has 0 saturated carbocycles. The molecule has 0 bridgehead atoms. The molecule has 0 radical (unpaired) electrons. The first kappa shape index (κ1) is 20.5. The standard InChI is InChI=1S/C20H21N5O5S/c1-23-11-19(21-12-23)31(27,28)22-15-9-16-17(25(3)20(26)24(16)2)10-18(15)30-14-7-5-6-13(8-14)29-4/h5-12,22H,1-4H3. The first-order chi connectivity index (χ1) is 14.7. The van der Waals surface area contributed by atoms with Crippen molar-refractivity contribution in [2.75, 3.05) is 11.8 Å². The first-order valence-electron chi connectivity index (χ1n) is 9.22.